The molecule has 6 heteroatoms. The Morgan fingerprint density at radius 2 is 0.817 bits per heavy atom. The van der Waals surface area contributed by atoms with Crippen LogP contribution in [-0.2, 0) is 19.1 Å². The van der Waals surface area contributed by atoms with Crippen LogP contribution in [0.15, 0.2) is 97.2 Å². The Morgan fingerprint density at radius 1 is 0.450 bits per heavy atom. The normalized spacial score (nSPS) is 13.0. The number of rotatable bonds is 43. The highest BCUT2D eigenvalue weighted by Gasteiger charge is 2.14. The molecule has 60 heavy (non-hydrogen) atoms. The average Bonchev–Trinajstić information content (AvgIpc) is 3.24. The molecule has 0 aromatic carbocycles. The summed E-state index contributed by atoms with van der Waals surface area (Å²) >= 11 is 0. The molecule has 0 aromatic rings. The van der Waals surface area contributed by atoms with Crippen molar-refractivity contribution in [1.82, 2.24) is 5.32 Å². The van der Waals surface area contributed by atoms with Gasteiger partial charge < -0.3 is 15.2 Å². The molecule has 0 fully saturated rings. The van der Waals surface area contributed by atoms with E-state index in [4.69, 9.17) is 9.84 Å². The Labute approximate surface area is 369 Å². The second-order valence-corrected chi connectivity index (χ2v) is 16.0. The lowest BCUT2D eigenvalue weighted by molar-refractivity contribution is -0.150. The summed E-state index contributed by atoms with van der Waals surface area (Å²) in [7, 11) is 0. The number of carboxylic acids is 1. The van der Waals surface area contributed by atoms with Crippen LogP contribution in [0.1, 0.15) is 213 Å². The van der Waals surface area contributed by atoms with Crippen molar-refractivity contribution in [3.8, 4) is 0 Å². The fourth-order valence-electron chi connectivity index (χ4n) is 6.67. The SMILES string of the molecule is CC/C=C\C/C=C\C/C=C\C/C=C\C/C=C\C/C=C\CCCCCCC(=O)OC(CCCCC/C=C\C/C=C\CCCCCCC)CCCCCCCC(=O)NCC(=O)O. The largest absolute Gasteiger partial charge is 0.480 e. The molecule has 1 atom stereocenters. The van der Waals surface area contributed by atoms with Crippen LogP contribution in [0, 0.1) is 0 Å². The van der Waals surface area contributed by atoms with Crippen LogP contribution < -0.4 is 5.32 Å². The van der Waals surface area contributed by atoms with Crippen molar-refractivity contribution in [2.24, 2.45) is 0 Å². The van der Waals surface area contributed by atoms with E-state index in [0.29, 0.717) is 12.8 Å². The van der Waals surface area contributed by atoms with Crippen molar-refractivity contribution in [2.75, 3.05) is 6.54 Å². The fraction of sp³-hybridized carbons (Fsp3) is 0.648. The Kier molecular flexibility index (Phi) is 45.1. The van der Waals surface area contributed by atoms with Gasteiger partial charge in [0.15, 0.2) is 0 Å². The summed E-state index contributed by atoms with van der Waals surface area (Å²) in [5.41, 5.74) is 0. The third kappa shape index (κ3) is 47.0. The number of allylic oxidation sites excluding steroid dienone is 16. The predicted molar refractivity (Wildman–Crippen MR) is 258 cm³/mol. The molecule has 0 aromatic heterocycles. The number of carboxylic acid groups (broad SMARTS) is 1. The van der Waals surface area contributed by atoms with Gasteiger partial charge in [-0.15, -0.1) is 0 Å². The molecule has 1 amide bonds. The van der Waals surface area contributed by atoms with Gasteiger partial charge in [-0.1, -0.05) is 175 Å². The van der Waals surface area contributed by atoms with Crippen LogP contribution in [0.25, 0.3) is 0 Å². The molecule has 0 saturated carbocycles. The molecule has 1 unspecified atom stereocenters. The number of ether oxygens (including phenoxy) is 1. The zero-order chi connectivity index (χ0) is 43.7. The molecule has 0 aliphatic carbocycles. The van der Waals surface area contributed by atoms with Crippen molar-refractivity contribution in [1.29, 1.82) is 0 Å². The number of carbonyl (C=O) groups is 3. The number of unbranched alkanes of at least 4 members (excludes halogenated alkanes) is 16. The molecule has 340 valence electrons. The molecule has 0 bridgehead atoms. The molecule has 0 aliphatic heterocycles. The quantitative estimate of drug-likeness (QED) is 0.0363. The second-order valence-electron chi connectivity index (χ2n) is 16.0. The van der Waals surface area contributed by atoms with Crippen LogP contribution >= 0.6 is 0 Å². The summed E-state index contributed by atoms with van der Waals surface area (Å²) in [4.78, 5) is 35.2. The second kappa shape index (κ2) is 48.0. The minimum Gasteiger partial charge on any atom is -0.480 e. The Balaban J connectivity index is 4.27. The molecule has 6 nitrogen and oxygen atoms in total. The van der Waals surface area contributed by atoms with Gasteiger partial charge in [-0.25, -0.2) is 0 Å². The van der Waals surface area contributed by atoms with E-state index in [-0.39, 0.29) is 24.5 Å². The highest BCUT2D eigenvalue weighted by molar-refractivity contribution is 5.80. The van der Waals surface area contributed by atoms with Gasteiger partial charge >= 0.3 is 11.9 Å². The summed E-state index contributed by atoms with van der Waals surface area (Å²) in [6, 6.07) is 0. The zero-order valence-electron chi connectivity index (χ0n) is 38.5. The number of carbonyl (C=O) groups excluding carboxylic acids is 2. The Morgan fingerprint density at radius 3 is 1.27 bits per heavy atom. The van der Waals surface area contributed by atoms with E-state index in [0.717, 1.165) is 148 Å². The fourth-order valence-corrected chi connectivity index (χ4v) is 6.67. The average molecular weight is 832 g/mol. The first-order valence-electron chi connectivity index (χ1n) is 24.4. The van der Waals surface area contributed by atoms with Gasteiger partial charge in [-0.05, 0) is 122 Å². The van der Waals surface area contributed by atoms with E-state index < -0.39 is 5.97 Å². The van der Waals surface area contributed by atoms with Crippen molar-refractivity contribution in [2.45, 2.75) is 219 Å². The lowest BCUT2D eigenvalue weighted by Gasteiger charge is -2.18. The first-order valence-corrected chi connectivity index (χ1v) is 24.4. The lowest BCUT2D eigenvalue weighted by atomic mass is 10.0. The Bertz CT molecular complexity index is 1240. The van der Waals surface area contributed by atoms with Gasteiger partial charge in [0.2, 0.25) is 5.91 Å². The number of aliphatic carboxylic acids is 1. The van der Waals surface area contributed by atoms with Crippen LogP contribution in [0.2, 0.25) is 0 Å². The van der Waals surface area contributed by atoms with E-state index in [1.165, 1.54) is 38.5 Å². The molecule has 0 aliphatic rings. The summed E-state index contributed by atoms with van der Waals surface area (Å²) in [6.07, 6.45) is 68.2. The third-order valence-electron chi connectivity index (χ3n) is 10.2. The smallest absolute Gasteiger partial charge is 0.322 e. The van der Waals surface area contributed by atoms with Crippen LogP contribution in [0.5, 0.6) is 0 Å². The zero-order valence-corrected chi connectivity index (χ0v) is 38.5. The maximum Gasteiger partial charge on any atom is 0.322 e. The van der Waals surface area contributed by atoms with E-state index in [9.17, 15) is 14.4 Å². The van der Waals surface area contributed by atoms with Gasteiger partial charge in [0, 0.05) is 12.8 Å². The minimum absolute atomic E-state index is 0.0185. The number of esters is 1. The molecule has 0 heterocycles. The summed E-state index contributed by atoms with van der Waals surface area (Å²) in [5, 5.41) is 11.1. The van der Waals surface area contributed by atoms with Gasteiger partial charge in [-0.2, -0.15) is 0 Å². The highest BCUT2D eigenvalue weighted by Crippen LogP contribution is 2.18. The van der Waals surface area contributed by atoms with E-state index >= 15 is 0 Å². The third-order valence-corrected chi connectivity index (χ3v) is 10.2. The van der Waals surface area contributed by atoms with Gasteiger partial charge in [0.05, 0.1) is 0 Å². The number of amides is 1. The summed E-state index contributed by atoms with van der Waals surface area (Å²) < 4.78 is 6.03. The maximum absolute atomic E-state index is 12.8. The molecular weight excluding hydrogens is 743 g/mol. The van der Waals surface area contributed by atoms with Gasteiger partial charge in [-0.3, -0.25) is 14.4 Å². The first kappa shape index (κ1) is 56.3. The lowest BCUT2D eigenvalue weighted by Crippen LogP contribution is -2.28. The molecule has 2 N–H and O–H groups in total. The summed E-state index contributed by atoms with van der Waals surface area (Å²) in [5.74, 6) is -1.28. The topological polar surface area (TPSA) is 92.7 Å². The maximum atomic E-state index is 12.8. The number of nitrogens with one attached hydrogen (secondary N) is 1. The molecule has 0 rings (SSSR count). The summed E-state index contributed by atoms with van der Waals surface area (Å²) in [6.45, 7) is 4.10. The van der Waals surface area contributed by atoms with Crippen LogP contribution in [0.4, 0.5) is 0 Å². The highest BCUT2D eigenvalue weighted by atomic mass is 16.5. The van der Waals surface area contributed by atoms with E-state index in [2.05, 4.69) is 116 Å². The number of hydrogen-bond donors (Lipinski definition) is 2. The van der Waals surface area contributed by atoms with Crippen molar-refractivity contribution < 1.29 is 24.2 Å². The first-order chi connectivity index (χ1) is 29.5. The van der Waals surface area contributed by atoms with E-state index in [1.807, 2.05) is 0 Å². The van der Waals surface area contributed by atoms with Crippen molar-refractivity contribution in [3.63, 3.8) is 0 Å². The monoisotopic (exact) mass is 832 g/mol. The van der Waals surface area contributed by atoms with Crippen LogP contribution in [0.3, 0.4) is 0 Å². The molecule has 0 radical (unpaired) electrons. The van der Waals surface area contributed by atoms with Crippen molar-refractivity contribution in [3.05, 3.63) is 97.2 Å². The molecular formula is C54H89NO5. The standard InChI is InChI=1S/C54H89NO5/c1-3-5-7-9-11-13-15-17-19-20-21-22-23-24-25-26-28-30-32-34-36-41-45-49-54(59)60-51(47-43-39-37-40-44-48-52(56)55-50-53(57)58)46-42-38-35-33-31-29-27-18-16-14-12-10-8-6-4-2/h5,7,11,13,16-19,21-22,24-25,28-31,51H,3-4,6,8-10,12,14-15,20,23,26-27,32-50H2,1-2H3,(H,55,56)(H,57,58)/b7-5-,13-11-,18-16-,19-17-,22-21-,25-24-,30-28-,31-29-. The van der Waals surface area contributed by atoms with E-state index in [1.54, 1.807) is 0 Å². The predicted octanol–water partition coefficient (Wildman–Crippen LogP) is 15.7. The number of hydrogen-bond acceptors (Lipinski definition) is 4. The molecule has 0 saturated heterocycles. The van der Waals surface area contributed by atoms with Gasteiger partial charge in [0.1, 0.15) is 12.6 Å². The Hall–Kier alpha value is -3.67. The van der Waals surface area contributed by atoms with Crippen LogP contribution in [-0.4, -0.2) is 35.6 Å². The minimum atomic E-state index is -1.02. The van der Waals surface area contributed by atoms with Crippen molar-refractivity contribution >= 4 is 17.8 Å². The van der Waals surface area contributed by atoms with Gasteiger partial charge in [0.25, 0.3) is 0 Å². The molecule has 0 spiro atoms.